The highest BCUT2D eigenvalue weighted by Crippen LogP contribution is 2.16. The van der Waals surface area contributed by atoms with Crippen LogP contribution in [0.1, 0.15) is 22.3 Å². The van der Waals surface area contributed by atoms with Crippen LogP contribution in [0.15, 0.2) is 48.6 Å². The first-order chi connectivity index (χ1) is 12.7. The Balaban J connectivity index is 1.83. The molecule has 0 unspecified atom stereocenters. The van der Waals surface area contributed by atoms with Gasteiger partial charge in [-0.1, -0.05) is 24.3 Å². The number of aliphatic hydroxyl groups is 4. The van der Waals surface area contributed by atoms with Crippen LogP contribution in [0.4, 0.5) is 11.4 Å². The maximum atomic E-state index is 9.24. The Morgan fingerprint density at radius 2 is 0.846 bits per heavy atom. The number of benzene rings is 2. The maximum Gasteiger partial charge on any atom is 0.0682 e. The Hall–Kier alpha value is -2.38. The molecule has 0 aliphatic rings. The van der Waals surface area contributed by atoms with Crippen molar-refractivity contribution < 1.29 is 20.4 Å². The van der Waals surface area contributed by atoms with E-state index in [0.717, 1.165) is 33.6 Å². The van der Waals surface area contributed by atoms with Crippen molar-refractivity contribution in [3.63, 3.8) is 0 Å². The van der Waals surface area contributed by atoms with Crippen LogP contribution in [0.2, 0.25) is 0 Å². The topological polar surface area (TPSA) is 105 Å². The van der Waals surface area contributed by atoms with Gasteiger partial charge in [0.15, 0.2) is 0 Å². The summed E-state index contributed by atoms with van der Waals surface area (Å²) in [5.41, 5.74) is 4.73. The second kappa shape index (κ2) is 10.6. The average Bonchev–Trinajstić information content (AvgIpc) is 2.69. The zero-order valence-electron chi connectivity index (χ0n) is 14.7. The maximum absolute atomic E-state index is 9.24. The van der Waals surface area contributed by atoms with E-state index in [2.05, 4.69) is 10.6 Å². The Labute approximate surface area is 153 Å². The summed E-state index contributed by atoms with van der Waals surface area (Å²) in [6, 6.07) is 10.9. The predicted octanol–water partition coefficient (Wildman–Crippen LogP) is 1.74. The Morgan fingerprint density at radius 1 is 0.538 bits per heavy atom. The number of rotatable bonds is 10. The van der Waals surface area contributed by atoms with Crippen LogP contribution in [0, 0.1) is 0 Å². The van der Waals surface area contributed by atoms with Gasteiger partial charge in [-0.2, -0.15) is 0 Å². The molecule has 0 aromatic heterocycles. The second-order valence-corrected chi connectivity index (χ2v) is 5.94. The summed E-state index contributed by atoms with van der Waals surface area (Å²) in [4.78, 5) is 0. The Morgan fingerprint density at radius 3 is 1.12 bits per heavy atom. The van der Waals surface area contributed by atoms with Gasteiger partial charge in [-0.05, 0) is 46.5 Å². The van der Waals surface area contributed by atoms with Gasteiger partial charge in [-0.15, -0.1) is 0 Å². The lowest BCUT2D eigenvalue weighted by molar-refractivity contribution is 0.275. The van der Waals surface area contributed by atoms with Crippen molar-refractivity contribution in [2.75, 3.05) is 23.7 Å². The molecular weight excluding hydrogens is 332 g/mol. The molecule has 2 aromatic rings. The summed E-state index contributed by atoms with van der Waals surface area (Å²) in [5, 5.41) is 43.4. The van der Waals surface area contributed by atoms with Crippen molar-refractivity contribution >= 4 is 11.4 Å². The first-order valence-corrected chi connectivity index (χ1v) is 8.50. The fourth-order valence-corrected chi connectivity index (χ4v) is 2.61. The van der Waals surface area contributed by atoms with Gasteiger partial charge in [0, 0.05) is 24.5 Å². The van der Waals surface area contributed by atoms with Gasteiger partial charge in [0.1, 0.15) is 0 Å². The molecule has 0 atom stereocenters. The van der Waals surface area contributed by atoms with Gasteiger partial charge >= 0.3 is 0 Å². The highest BCUT2D eigenvalue weighted by atomic mass is 16.3. The zero-order chi connectivity index (χ0) is 18.8. The van der Waals surface area contributed by atoms with Gasteiger partial charge in [-0.3, -0.25) is 0 Å². The molecule has 0 bridgehead atoms. The molecule has 6 heteroatoms. The lowest BCUT2D eigenvalue weighted by Crippen LogP contribution is -2.03. The van der Waals surface area contributed by atoms with E-state index in [0.29, 0.717) is 13.1 Å². The standard InChI is InChI=1S/C20H26N2O4/c23-11-15-5-16(12-24)8-19(7-15)21-3-1-2-4-22-20-9-17(13-25)6-18(10-20)14-26/h1-2,5-10,21-26H,3-4,11-14H2/b2-1-. The van der Waals surface area contributed by atoms with Crippen molar-refractivity contribution in [3.05, 3.63) is 70.8 Å². The minimum atomic E-state index is -0.0645. The van der Waals surface area contributed by atoms with Crippen LogP contribution in [0.3, 0.4) is 0 Å². The van der Waals surface area contributed by atoms with Crippen LogP contribution >= 0.6 is 0 Å². The van der Waals surface area contributed by atoms with Crippen LogP contribution in [0.5, 0.6) is 0 Å². The quantitative estimate of drug-likeness (QED) is 0.362. The molecule has 6 N–H and O–H groups in total. The van der Waals surface area contributed by atoms with E-state index < -0.39 is 0 Å². The molecule has 26 heavy (non-hydrogen) atoms. The summed E-state index contributed by atoms with van der Waals surface area (Å²) in [5.74, 6) is 0. The van der Waals surface area contributed by atoms with Crippen LogP contribution < -0.4 is 10.6 Å². The SMILES string of the molecule is OCc1cc(CO)cc(NC/C=C\CNc2cc(CO)cc(CO)c2)c1. The first-order valence-electron chi connectivity index (χ1n) is 8.50. The molecule has 0 aliphatic heterocycles. The molecule has 0 fully saturated rings. The van der Waals surface area contributed by atoms with E-state index in [9.17, 15) is 20.4 Å². The smallest absolute Gasteiger partial charge is 0.0682 e. The fraction of sp³-hybridized carbons (Fsp3) is 0.300. The van der Waals surface area contributed by atoms with Crippen molar-refractivity contribution in [2.45, 2.75) is 26.4 Å². The van der Waals surface area contributed by atoms with Crippen molar-refractivity contribution in [1.82, 2.24) is 0 Å². The van der Waals surface area contributed by atoms with E-state index in [1.54, 1.807) is 12.1 Å². The number of anilines is 2. The minimum Gasteiger partial charge on any atom is -0.392 e. The van der Waals surface area contributed by atoms with Crippen molar-refractivity contribution in [1.29, 1.82) is 0 Å². The molecule has 0 amide bonds. The average molecular weight is 358 g/mol. The molecule has 2 aromatic carbocycles. The molecule has 0 aliphatic carbocycles. The fourth-order valence-electron chi connectivity index (χ4n) is 2.61. The third-order valence-corrected chi connectivity index (χ3v) is 3.85. The normalized spacial score (nSPS) is 11.1. The summed E-state index contributed by atoms with van der Waals surface area (Å²) in [6.45, 7) is 0.964. The zero-order valence-corrected chi connectivity index (χ0v) is 14.7. The second-order valence-electron chi connectivity index (χ2n) is 5.94. The van der Waals surface area contributed by atoms with Crippen LogP contribution in [0.25, 0.3) is 0 Å². The van der Waals surface area contributed by atoms with Gasteiger partial charge in [0.2, 0.25) is 0 Å². The highest BCUT2D eigenvalue weighted by molar-refractivity contribution is 5.50. The first kappa shape index (κ1) is 19.9. The van der Waals surface area contributed by atoms with E-state index in [1.165, 1.54) is 0 Å². The molecule has 0 spiro atoms. The van der Waals surface area contributed by atoms with Gasteiger partial charge in [0.25, 0.3) is 0 Å². The Bertz CT molecular complexity index is 626. The molecular formula is C20H26N2O4. The molecule has 0 saturated heterocycles. The van der Waals surface area contributed by atoms with Crippen molar-refractivity contribution in [2.24, 2.45) is 0 Å². The van der Waals surface area contributed by atoms with Crippen LogP contribution in [-0.4, -0.2) is 33.5 Å². The number of nitrogens with one attached hydrogen (secondary N) is 2. The summed E-state index contributed by atoms with van der Waals surface area (Å²) in [7, 11) is 0. The summed E-state index contributed by atoms with van der Waals surface area (Å²) < 4.78 is 0. The minimum absolute atomic E-state index is 0.0645. The summed E-state index contributed by atoms with van der Waals surface area (Å²) >= 11 is 0. The Kier molecular flexibility index (Phi) is 8.11. The van der Waals surface area contributed by atoms with E-state index >= 15 is 0 Å². The van der Waals surface area contributed by atoms with Gasteiger partial charge < -0.3 is 31.1 Å². The number of hydrogen-bond acceptors (Lipinski definition) is 6. The van der Waals surface area contributed by atoms with E-state index in [1.807, 2.05) is 36.4 Å². The molecule has 0 heterocycles. The molecule has 6 nitrogen and oxygen atoms in total. The molecule has 2 rings (SSSR count). The number of hydrogen-bond donors (Lipinski definition) is 6. The lowest BCUT2D eigenvalue weighted by atomic mass is 10.1. The van der Waals surface area contributed by atoms with Gasteiger partial charge in [-0.25, -0.2) is 0 Å². The molecule has 140 valence electrons. The monoisotopic (exact) mass is 358 g/mol. The van der Waals surface area contributed by atoms with Crippen molar-refractivity contribution in [3.8, 4) is 0 Å². The largest absolute Gasteiger partial charge is 0.392 e. The lowest BCUT2D eigenvalue weighted by Gasteiger charge is -2.09. The third-order valence-electron chi connectivity index (χ3n) is 3.85. The summed E-state index contributed by atoms with van der Waals surface area (Å²) in [6.07, 6.45) is 3.94. The number of aliphatic hydroxyl groups excluding tert-OH is 4. The highest BCUT2D eigenvalue weighted by Gasteiger charge is 2.00. The van der Waals surface area contributed by atoms with Gasteiger partial charge in [0.05, 0.1) is 26.4 Å². The third kappa shape index (κ3) is 6.16. The predicted molar refractivity (Wildman–Crippen MR) is 103 cm³/mol. The van der Waals surface area contributed by atoms with E-state index in [4.69, 9.17) is 0 Å². The molecule has 0 radical (unpaired) electrons. The van der Waals surface area contributed by atoms with Crippen LogP contribution in [-0.2, 0) is 26.4 Å². The molecule has 0 saturated carbocycles. The van der Waals surface area contributed by atoms with E-state index in [-0.39, 0.29) is 26.4 Å².